The molecule has 0 atom stereocenters. The van der Waals surface area contributed by atoms with Crippen molar-refractivity contribution in [3.8, 4) is 11.5 Å². The van der Waals surface area contributed by atoms with E-state index in [-0.39, 0.29) is 41.8 Å². The van der Waals surface area contributed by atoms with Gasteiger partial charge in [0.25, 0.3) is 0 Å². The highest BCUT2D eigenvalue weighted by Crippen LogP contribution is 2.33. The molecule has 3 rings (SSSR count). The maximum absolute atomic E-state index is 12.8. The van der Waals surface area contributed by atoms with E-state index in [9.17, 15) is 4.79 Å². The summed E-state index contributed by atoms with van der Waals surface area (Å²) in [5.74, 6) is 2.19. The lowest BCUT2D eigenvalue weighted by molar-refractivity contribution is -0.120. The van der Waals surface area contributed by atoms with Gasteiger partial charge in [-0.25, -0.2) is 0 Å². The highest BCUT2D eigenvalue weighted by atomic mass is 127. The zero-order valence-electron chi connectivity index (χ0n) is 20.3. The number of hydrogen-bond donors (Lipinski definition) is 1. The van der Waals surface area contributed by atoms with Crippen LogP contribution in [0, 0.1) is 0 Å². The molecule has 1 N–H and O–H groups in total. The number of guanidine groups is 1. The van der Waals surface area contributed by atoms with E-state index in [0.29, 0.717) is 31.1 Å². The Labute approximate surface area is 213 Å². The molecule has 1 aliphatic rings. The summed E-state index contributed by atoms with van der Waals surface area (Å²) in [4.78, 5) is 21.5. The van der Waals surface area contributed by atoms with Crippen LogP contribution >= 0.6 is 24.0 Å². The molecule has 10 heteroatoms. The number of aryl methyl sites for hydroxylation is 1. The predicted octanol–water partition coefficient (Wildman–Crippen LogP) is 2.65. The van der Waals surface area contributed by atoms with E-state index in [2.05, 4.69) is 24.3 Å². The third-order valence-corrected chi connectivity index (χ3v) is 5.65. The molecule has 1 saturated heterocycles. The summed E-state index contributed by atoms with van der Waals surface area (Å²) in [6.07, 6.45) is 3.58. The molecule has 33 heavy (non-hydrogen) atoms. The van der Waals surface area contributed by atoms with Gasteiger partial charge in [0.1, 0.15) is 6.54 Å². The highest BCUT2D eigenvalue weighted by Gasteiger charge is 2.29. The Morgan fingerprint density at radius 3 is 2.52 bits per heavy atom. The topological polar surface area (TPSA) is 84.2 Å². The summed E-state index contributed by atoms with van der Waals surface area (Å²) < 4.78 is 12.5. The van der Waals surface area contributed by atoms with Crippen molar-refractivity contribution in [3.05, 3.63) is 36.2 Å². The Morgan fingerprint density at radius 2 is 1.94 bits per heavy atom. The second-order valence-corrected chi connectivity index (χ2v) is 8.46. The molecule has 1 aliphatic heterocycles. The van der Waals surface area contributed by atoms with Crippen LogP contribution in [-0.2, 0) is 17.3 Å². The summed E-state index contributed by atoms with van der Waals surface area (Å²) in [5, 5.41) is 7.52. The van der Waals surface area contributed by atoms with Gasteiger partial charge in [0, 0.05) is 38.3 Å². The van der Waals surface area contributed by atoms with Crippen LogP contribution in [0.2, 0.25) is 0 Å². The minimum Gasteiger partial charge on any atom is -0.493 e. The number of rotatable bonds is 7. The molecule has 0 saturated carbocycles. The van der Waals surface area contributed by atoms with Crippen LogP contribution in [0.1, 0.15) is 26.3 Å². The fraction of sp³-hybridized carbons (Fsp3) is 0.522. The molecule has 2 heterocycles. The van der Waals surface area contributed by atoms with E-state index in [4.69, 9.17) is 14.5 Å². The smallest absolute Gasteiger partial charge is 0.246 e. The quantitative estimate of drug-likeness (QED) is 0.313. The van der Waals surface area contributed by atoms with Crippen LogP contribution < -0.4 is 19.7 Å². The maximum Gasteiger partial charge on any atom is 0.246 e. The molecule has 1 amide bonds. The Hall–Kier alpha value is -2.50. The fourth-order valence-electron chi connectivity index (χ4n) is 3.72. The van der Waals surface area contributed by atoms with Crippen LogP contribution in [0.4, 0.5) is 5.69 Å². The number of ether oxygens (including phenoxy) is 2. The molecule has 0 aliphatic carbocycles. The SMILES string of the molecule is CCNC(=NCC(C)(C)c1ccc(OC)c(OC)c1)N1CCN(c2cnn(C)c2)C(=O)C1.I. The van der Waals surface area contributed by atoms with Gasteiger partial charge in [0.2, 0.25) is 5.91 Å². The lowest BCUT2D eigenvalue weighted by Crippen LogP contribution is -2.55. The first-order valence-electron chi connectivity index (χ1n) is 10.8. The fourth-order valence-corrected chi connectivity index (χ4v) is 3.72. The van der Waals surface area contributed by atoms with Crippen LogP contribution in [0.25, 0.3) is 0 Å². The van der Waals surface area contributed by atoms with Gasteiger partial charge in [0.05, 0.1) is 32.6 Å². The summed E-state index contributed by atoms with van der Waals surface area (Å²) in [6.45, 7) is 9.17. The zero-order chi connectivity index (χ0) is 23.3. The number of anilines is 1. The molecule has 1 fully saturated rings. The first-order valence-corrected chi connectivity index (χ1v) is 10.8. The van der Waals surface area contributed by atoms with Gasteiger partial charge in [-0.1, -0.05) is 19.9 Å². The standard InChI is InChI=1S/C23H34N6O3.HI/c1-7-24-22(28-10-11-29(21(30)15-28)18-13-26-27(4)14-18)25-16-23(2,3)17-8-9-19(31-5)20(12-17)32-6;/h8-9,12-14H,7,10-11,15-16H2,1-6H3,(H,24,25);1H. The first-order chi connectivity index (χ1) is 15.3. The molecule has 0 bridgehead atoms. The molecule has 9 nitrogen and oxygen atoms in total. The largest absolute Gasteiger partial charge is 0.493 e. The van der Waals surface area contributed by atoms with E-state index < -0.39 is 0 Å². The monoisotopic (exact) mass is 570 g/mol. The number of nitrogens with one attached hydrogen (secondary N) is 1. The van der Waals surface area contributed by atoms with E-state index in [1.807, 2.05) is 43.3 Å². The minimum atomic E-state index is -0.234. The molecule has 0 spiro atoms. The predicted molar refractivity (Wildman–Crippen MR) is 141 cm³/mol. The lowest BCUT2D eigenvalue weighted by atomic mass is 9.84. The number of aromatic nitrogens is 2. The minimum absolute atomic E-state index is 0. The average Bonchev–Trinajstić information content (AvgIpc) is 3.21. The van der Waals surface area contributed by atoms with Crippen molar-refractivity contribution in [2.75, 3.05) is 51.8 Å². The molecule has 0 radical (unpaired) electrons. The number of nitrogens with zero attached hydrogens (tertiary/aromatic N) is 5. The van der Waals surface area contributed by atoms with Gasteiger partial charge in [-0.2, -0.15) is 5.10 Å². The Morgan fingerprint density at radius 1 is 1.21 bits per heavy atom. The average molecular weight is 570 g/mol. The van der Waals surface area contributed by atoms with Crippen molar-refractivity contribution in [1.29, 1.82) is 0 Å². The number of aliphatic imine (C=N–C) groups is 1. The normalized spacial score (nSPS) is 14.7. The number of piperazine rings is 1. The molecule has 1 aromatic carbocycles. The van der Waals surface area contributed by atoms with Crippen LogP contribution in [-0.4, -0.2) is 73.5 Å². The van der Waals surface area contributed by atoms with Crippen molar-refractivity contribution in [3.63, 3.8) is 0 Å². The van der Waals surface area contributed by atoms with Crippen LogP contribution in [0.5, 0.6) is 11.5 Å². The van der Waals surface area contributed by atoms with E-state index >= 15 is 0 Å². The van der Waals surface area contributed by atoms with E-state index in [1.54, 1.807) is 30.0 Å². The second kappa shape index (κ2) is 11.6. The van der Waals surface area contributed by atoms with Crippen molar-refractivity contribution in [1.82, 2.24) is 20.0 Å². The molecular weight excluding hydrogens is 535 g/mol. The highest BCUT2D eigenvalue weighted by molar-refractivity contribution is 14.0. The Kier molecular flexibility index (Phi) is 9.38. The Bertz CT molecular complexity index is 975. The molecule has 182 valence electrons. The molecule has 1 aromatic heterocycles. The van der Waals surface area contributed by atoms with Crippen molar-refractivity contribution in [2.45, 2.75) is 26.2 Å². The summed E-state index contributed by atoms with van der Waals surface area (Å²) in [7, 11) is 5.11. The number of benzene rings is 1. The van der Waals surface area contributed by atoms with Crippen molar-refractivity contribution < 1.29 is 14.3 Å². The number of carbonyl (C=O) groups excluding carboxylic acids is 1. The van der Waals surface area contributed by atoms with Gasteiger partial charge in [-0.15, -0.1) is 24.0 Å². The van der Waals surface area contributed by atoms with Gasteiger partial charge in [0.15, 0.2) is 17.5 Å². The van der Waals surface area contributed by atoms with Gasteiger partial charge in [-0.05, 0) is 24.6 Å². The maximum atomic E-state index is 12.8. The van der Waals surface area contributed by atoms with Crippen molar-refractivity contribution >= 4 is 41.5 Å². The van der Waals surface area contributed by atoms with Gasteiger partial charge < -0.3 is 24.6 Å². The van der Waals surface area contributed by atoms with Crippen LogP contribution in [0.3, 0.4) is 0 Å². The number of halogens is 1. The number of hydrogen-bond acceptors (Lipinski definition) is 5. The number of carbonyl (C=O) groups is 1. The molecular formula is C23H35IN6O3. The lowest BCUT2D eigenvalue weighted by Gasteiger charge is -2.36. The summed E-state index contributed by atoms with van der Waals surface area (Å²) in [6, 6.07) is 5.96. The number of methoxy groups -OCH3 is 2. The van der Waals surface area contributed by atoms with Crippen molar-refractivity contribution in [2.24, 2.45) is 12.0 Å². The molecule has 2 aromatic rings. The van der Waals surface area contributed by atoms with Gasteiger partial charge in [-0.3, -0.25) is 14.5 Å². The third kappa shape index (κ3) is 6.30. The summed E-state index contributed by atoms with van der Waals surface area (Å²) >= 11 is 0. The molecule has 0 unspecified atom stereocenters. The first kappa shape index (κ1) is 26.7. The van der Waals surface area contributed by atoms with E-state index in [1.165, 1.54) is 0 Å². The van der Waals surface area contributed by atoms with E-state index in [0.717, 1.165) is 23.8 Å². The van der Waals surface area contributed by atoms with Gasteiger partial charge >= 0.3 is 0 Å². The Balaban J connectivity index is 0.00000385. The zero-order valence-corrected chi connectivity index (χ0v) is 22.6. The third-order valence-electron chi connectivity index (χ3n) is 5.65. The summed E-state index contributed by atoms with van der Waals surface area (Å²) in [5.41, 5.74) is 1.70. The number of amides is 1. The second-order valence-electron chi connectivity index (χ2n) is 8.46. The van der Waals surface area contributed by atoms with Crippen LogP contribution in [0.15, 0.2) is 35.6 Å².